The molecule has 1 aromatic carbocycles. The molecule has 21 heavy (non-hydrogen) atoms. The molecule has 9 heteroatoms. The molecule has 0 spiro atoms. The van der Waals surface area contributed by atoms with Crippen LogP contribution in [-0.4, -0.2) is 25.5 Å². The molecule has 1 aromatic heterocycles. The highest BCUT2D eigenvalue weighted by molar-refractivity contribution is 7.89. The van der Waals surface area contributed by atoms with E-state index in [0.29, 0.717) is 11.4 Å². The third-order valence-electron chi connectivity index (χ3n) is 2.79. The Morgan fingerprint density at radius 2 is 2.24 bits per heavy atom. The first-order chi connectivity index (χ1) is 9.97. The lowest BCUT2D eigenvalue weighted by molar-refractivity contribution is 0.397. The van der Waals surface area contributed by atoms with Gasteiger partial charge in [0, 0.05) is 29.5 Å². The van der Waals surface area contributed by atoms with Gasteiger partial charge in [0.2, 0.25) is 10.0 Å². The number of nitrogens with zero attached hydrogens (tertiary/aromatic N) is 1. The van der Waals surface area contributed by atoms with Crippen molar-refractivity contribution in [3.05, 3.63) is 40.9 Å². The van der Waals surface area contributed by atoms with E-state index in [1.807, 2.05) is 0 Å². The fourth-order valence-electron chi connectivity index (χ4n) is 1.84. The highest BCUT2D eigenvalue weighted by Crippen LogP contribution is 2.31. The maximum atomic E-state index is 12.4. The first-order valence-electron chi connectivity index (χ1n) is 6.02. The van der Waals surface area contributed by atoms with Crippen molar-refractivity contribution in [1.29, 1.82) is 0 Å². The molecule has 0 aliphatic rings. The Morgan fingerprint density at radius 3 is 2.81 bits per heavy atom. The summed E-state index contributed by atoms with van der Waals surface area (Å²) in [7, 11) is -2.43. The lowest BCUT2D eigenvalue weighted by atomic mass is 10.2. The van der Waals surface area contributed by atoms with Crippen LogP contribution in [0, 0.1) is 0 Å². The summed E-state index contributed by atoms with van der Waals surface area (Å²) in [6.45, 7) is 0.146. The van der Waals surface area contributed by atoms with Gasteiger partial charge in [0.1, 0.15) is 16.5 Å². The molecule has 0 unspecified atom stereocenters. The largest absolute Gasteiger partial charge is 0.495 e. The number of imidazole rings is 1. The average Bonchev–Trinajstić information content (AvgIpc) is 2.97. The van der Waals surface area contributed by atoms with Crippen LogP contribution in [-0.2, 0) is 23.1 Å². The molecule has 0 radical (unpaired) electrons. The van der Waals surface area contributed by atoms with E-state index in [0.717, 1.165) is 0 Å². The van der Waals surface area contributed by atoms with Crippen LogP contribution in [0.1, 0.15) is 11.4 Å². The minimum Gasteiger partial charge on any atom is -0.495 e. The number of benzene rings is 1. The van der Waals surface area contributed by atoms with Gasteiger partial charge in [-0.3, -0.25) is 0 Å². The number of hydrogen-bond donors (Lipinski definition) is 3. The Balaban J connectivity index is 2.36. The molecule has 7 nitrogen and oxygen atoms in total. The lowest BCUT2D eigenvalue weighted by Crippen LogP contribution is -2.24. The monoisotopic (exact) mass is 330 g/mol. The summed E-state index contributed by atoms with van der Waals surface area (Å²) in [4.78, 5) is 6.70. The topological polar surface area (TPSA) is 110 Å². The second-order valence-electron chi connectivity index (χ2n) is 4.16. The Kier molecular flexibility index (Phi) is 4.84. The normalized spacial score (nSPS) is 11.6. The zero-order chi connectivity index (χ0) is 15.5. The number of methoxy groups -OCH3 is 1. The third-order valence-corrected chi connectivity index (χ3v) is 4.42. The molecule has 0 saturated carbocycles. The van der Waals surface area contributed by atoms with Gasteiger partial charge in [-0.1, -0.05) is 11.6 Å². The molecule has 0 fully saturated rings. The molecule has 114 valence electrons. The number of aromatic nitrogens is 2. The van der Waals surface area contributed by atoms with Gasteiger partial charge in [0.05, 0.1) is 13.7 Å². The Bertz CT molecular complexity index is 716. The van der Waals surface area contributed by atoms with Crippen molar-refractivity contribution in [1.82, 2.24) is 14.7 Å². The highest BCUT2D eigenvalue weighted by atomic mass is 35.5. The van der Waals surface area contributed by atoms with Gasteiger partial charge in [0.25, 0.3) is 0 Å². The van der Waals surface area contributed by atoms with Crippen molar-refractivity contribution in [2.75, 3.05) is 7.11 Å². The molecule has 0 atom stereocenters. The number of rotatable bonds is 6. The highest BCUT2D eigenvalue weighted by Gasteiger charge is 2.22. The molecule has 0 aliphatic heterocycles. The molecule has 0 bridgehead atoms. The molecular weight excluding hydrogens is 316 g/mol. The minimum absolute atomic E-state index is 0.0307. The van der Waals surface area contributed by atoms with E-state index in [4.69, 9.17) is 22.1 Å². The SMILES string of the molecule is COc1c(CN)cc(Cl)cc1S(=O)(=O)NCc1ncc[nH]1. The molecule has 0 amide bonds. The van der Waals surface area contributed by atoms with Crippen LogP contribution in [0.25, 0.3) is 0 Å². The lowest BCUT2D eigenvalue weighted by Gasteiger charge is -2.14. The van der Waals surface area contributed by atoms with Crippen LogP contribution >= 0.6 is 11.6 Å². The van der Waals surface area contributed by atoms with Crippen molar-refractivity contribution in [3.8, 4) is 5.75 Å². The van der Waals surface area contributed by atoms with Crippen molar-refractivity contribution in [3.63, 3.8) is 0 Å². The summed E-state index contributed by atoms with van der Waals surface area (Å²) in [5, 5.41) is 0.273. The van der Waals surface area contributed by atoms with Gasteiger partial charge in [-0.15, -0.1) is 0 Å². The minimum atomic E-state index is -3.81. The summed E-state index contributed by atoms with van der Waals surface area (Å²) in [6.07, 6.45) is 3.15. The van der Waals surface area contributed by atoms with Crippen molar-refractivity contribution >= 4 is 21.6 Å². The van der Waals surface area contributed by atoms with Gasteiger partial charge in [0.15, 0.2) is 0 Å². The van der Waals surface area contributed by atoms with E-state index in [1.165, 1.54) is 19.4 Å². The van der Waals surface area contributed by atoms with Crippen LogP contribution in [0.5, 0.6) is 5.75 Å². The average molecular weight is 331 g/mol. The molecule has 2 aromatic rings. The number of ether oxygens (including phenoxy) is 1. The Labute approximate surface area is 127 Å². The van der Waals surface area contributed by atoms with E-state index < -0.39 is 10.0 Å². The Morgan fingerprint density at radius 1 is 1.48 bits per heavy atom. The number of aromatic amines is 1. The number of H-pyrrole nitrogens is 1. The van der Waals surface area contributed by atoms with Crippen LogP contribution in [0.3, 0.4) is 0 Å². The summed E-state index contributed by atoms with van der Waals surface area (Å²) >= 11 is 5.94. The Hall–Kier alpha value is -1.61. The molecule has 4 N–H and O–H groups in total. The van der Waals surface area contributed by atoms with E-state index in [-0.39, 0.29) is 28.8 Å². The first kappa shape index (κ1) is 15.8. The van der Waals surface area contributed by atoms with E-state index in [1.54, 1.807) is 12.3 Å². The van der Waals surface area contributed by atoms with Crippen LogP contribution < -0.4 is 15.2 Å². The maximum absolute atomic E-state index is 12.4. The number of hydrogen-bond acceptors (Lipinski definition) is 5. The van der Waals surface area contributed by atoms with Gasteiger partial charge < -0.3 is 15.5 Å². The fourth-order valence-corrected chi connectivity index (χ4v) is 3.37. The van der Waals surface area contributed by atoms with Gasteiger partial charge in [-0.25, -0.2) is 18.1 Å². The molecular formula is C12H15ClN4O3S. The van der Waals surface area contributed by atoms with Gasteiger partial charge >= 0.3 is 0 Å². The van der Waals surface area contributed by atoms with Crippen LogP contribution in [0.15, 0.2) is 29.4 Å². The number of halogens is 1. The van der Waals surface area contributed by atoms with E-state index >= 15 is 0 Å². The third kappa shape index (κ3) is 3.53. The van der Waals surface area contributed by atoms with Crippen molar-refractivity contribution in [2.24, 2.45) is 5.73 Å². The molecule has 0 saturated heterocycles. The van der Waals surface area contributed by atoms with Crippen molar-refractivity contribution in [2.45, 2.75) is 18.0 Å². The summed E-state index contributed by atoms with van der Waals surface area (Å²) in [5.74, 6) is 0.687. The number of nitrogens with two attached hydrogens (primary N) is 1. The van der Waals surface area contributed by atoms with E-state index in [2.05, 4.69) is 14.7 Å². The quantitative estimate of drug-likeness (QED) is 0.732. The number of nitrogens with one attached hydrogen (secondary N) is 2. The zero-order valence-electron chi connectivity index (χ0n) is 11.3. The van der Waals surface area contributed by atoms with Crippen molar-refractivity contribution < 1.29 is 13.2 Å². The zero-order valence-corrected chi connectivity index (χ0v) is 12.8. The summed E-state index contributed by atoms with van der Waals surface area (Å²) in [5.41, 5.74) is 6.11. The summed E-state index contributed by atoms with van der Waals surface area (Å²) < 4.78 is 32.4. The standard InChI is InChI=1S/C12H15ClN4O3S/c1-20-12-8(6-14)4-9(13)5-10(12)21(18,19)17-7-11-15-2-3-16-11/h2-5,17H,6-7,14H2,1H3,(H,15,16). The molecule has 0 aliphatic carbocycles. The predicted molar refractivity (Wildman–Crippen MR) is 78.5 cm³/mol. The van der Waals surface area contributed by atoms with Gasteiger partial charge in [-0.2, -0.15) is 0 Å². The molecule has 2 rings (SSSR count). The van der Waals surface area contributed by atoms with Gasteiger partial charge in [-0.05, 0) is 12.1 Å². The smallest absolute Gasteiger partial charge is 0.244 e. The van der Waals surface area contributed by atoms with Crippen LogP contribution in [0.4, 0.5) is 0 Å². The predicted octanol–water partition coefficient (Wildman–Crippen LogP) is 1.01. The van der Waals surface area contributed by atoms with Crippen LogP contribution in [0.2, 0.25) is 5.02 Å². The fraction of sp³-hybridized carbons (Fsp3) is 0.250. The maximum Gasteiger partial charge on any atom is 0.244 e. The first-order valence-corrected chi connectivity index (χ1v) is 7.88. The molecule has 1 heterocycles. The number of sulfonamides is 1. The second kappa shape index (κ2) is 6.44. The summed E-state index contributed by atoms with van der Waals surface area (Å²) in [6, 6.07) is 2.90. The second-order valence-corrected chi connectivity index (χ2v) is 6.33. The van der Waals surface area contributed by atoms with E-state index in [9.17, 15) is 8.42 Å².